The highest BCUT2D eigenvalue weighted by molar-refractivity contribution is 6.01. The number of carbonyl (C=O) groups is 2. The number of hydrogen-bond acceptors (Lipinski definition) is 3. The van der Waals surface area contributed by atoms with Gasteiger partial charge in [-0.25, -0.2) is 4.79 Å². The monoisotopic (exact) mass is 235 g/mol. The van der Waals surface area contributed by atoms with Gasteiger partial charge in [0.15, 0.2) is 0 Å². The summed E-state index contributed by atoms with van der Waals surface area (Å²) in [6.45, 7) is 1.12. The number of hydrogen-bond donors (Lipinski definition) is 4. The zero-order valence-corrected chi connectivity index (χ0v) is 9.28. The van der Waals surface area contributed by atoms with Gasteiger partial charge in [0, 0.05) is 11.3 Å². The molecule has 1 aliphatic rings. The number of anilines is 1. The Bertz CT molecular complexity index is 475. The van der Waals surface area contributed by atoms with E-state index in [-0.39, 0.29) is 0 Å². The number of urea groups is 1. The average Bonchev–Trinajstić information content (AvgIpc) is 2.29. The maximum absolute atomic E-state index is 11.9. The van der Waals surface area contributed by atoms with Crippen molar-refractivity contribution in [1.29, 1.82) is 0 Å². The lowest BCUT2D eigenvalue weighted by molar-refractivity contribution is -0.128. The molecule has 1 aromatic carbocycles. The number of amides is 3. The predicted octanol–water partition coefficient (Wildman–Crippen LogP) is 0.103. The lowest BCUT2D eigenvalue weighted by Crippen LogP contribution is -2.58. The molecule has 0 spiro atoms. The van der Waals surface area contributed by atoms with Gasteiger partial charge in [0.1, 0.15) is 12.3 Å². The summed E-state index contributed by atoms with van der Waals surface area (Å²) < 4.78 is 0. The Labute approximate surface area is 98.0 Å². The van der Waals surface area contributed by atoms with Crippen molar-refractivity contribution in [3.05, 3.63) is 29.8 Å². The fourth-order valence-corrected chi connectivity index (χ4v) is 1.90. The average molecular weight is 235 g/mol. The molecular weight excluding hydrogens is 222 g/mol. The van der Waals surface area contributed by atoms with Gasteiger partial charge in [-0.1, -0.05) is 18.2 Å². The number of fused-ring (bicyclic) bond motifs is 1. The standard InChI is InChI=1S/C11H13N3O3/c1-11(9(16)12-6-15)7-4-2-3-5-8(7)13-10(17)14-11/h2-5,15H,6H2,1H3,(H,12,16)(H2,13,14,17). The van der Waals surface area contributed by atoms with Crippen LogP contribution in [0.25, 0.3) is 0 Å². The molecular formula is C11H13N3O3. The Balaban J connectivity index is 2.47. The molecule has 1 heterocycles. The molecule has 0 aliphatic carbocycles. The molecule has 0 saturated carbocycles. The van der Waals surface area contributed by atoms with Gasteiger partial charge < -0.3 is 21.1 Å². The van der Waals surface area contributed by atoms with Gasteiger partial charge in [-0.15, -0.1) is 0 Å². The summed E-state index contributed by atoms with van der Waals surface area (Å²) >= 11 is 0. The summed E-state index contributed by atoms with van der Waals surface area (Å²) in [7, 11) is 0. The Morgan fingerprint density at radius 2 is 2.18 bits per heavy atom. The van der Waals surface area contributed by atoms with E-state index in [4.69, 9.17) is 5.11 Å². The first-order valence-electron chi connectivity index (χ1n) is 5.16. The molecule has 4 N–H and O–H groups in total. The van der Waals surface area contributed by atoms with Gasteiger partial charge >= 0.3 is 6.03 Å². The summed E-state index contributed by atoms with van der Waals surface area (Å²) in [5, 5.41) is 16.2. The molecule has 0 saturated heterocycles. The van der Waals surface area contributed by atoms with Crippen LogP contribution >= 0.6 is 0 Å². The Hall–Kier alpha value is -2.08. The van der Waals surface area contributed by atoms with Crippen LogP contribution in [0.2, 0.25) is 0 Å². The summed E-state index contributed by atoms with van der Waals surface area (Å²) in [6, 6.07) is 6.58. The van der Waals surface area contributed by atoms with Crippen molar-refractivity contribution in [3.63, 3.8) is 0 Å². The van der Waals surface area contributed by atoms with Crippen LogP contribution in [0.15, 0.2) is 24.3 Å². The van der Waals surface area contributed by atoms with Gasteiger partial charge in [0.2, 0.25) is 0 Å². The Morgan fingerprint density at radius 1 is 1.47 bits per heavy atom. The number of rotatable bonds is 2. The number of nitrogens with one attached hydrogen (secondary N) is 3. The first-order chi connectivity index (χ1) is 8.08. The van der Waals surface area contributed by atoms with E-state index in [9.17, 15) is 9.59 Å². The molecule has 3 amide bonds. The van der Waals surface area contributed by atoms with E-state index in [2.05, 4.69) is 16.0 Å². The second-order valence-electron chi connectivity index (χ2n) is 3.91. The summed E-state index contributed by atoms with van der Waals surface area (Å²) in [4.78, 5) is 23.4. The summed E-state index contributed by atoms with van der Waals surface area (Å²) in [6.07, 6.45) is 0. The lowest BCUT2D eigenvalue weighted by Gasteiger charge is -2.35. The van der Waals surface area contributed by atoms with Gasteiger partial charge in [0.05, 0.1) is 0 Å². The third kappa shape index (κ3) is 1.83. The highest BCUT2D eigenvalue weighted by Gasteiger charge is 2.41. The van der Waals surface area contributed by atoms with Crippen LogP contribution in [0.1, 0.15) is 12.5 Å². The van der Waals surface area contributed by atoms with Crippen LogP contribution < -0.4 is 16.0 Å². The second kappa shape index (κ2) is 4.06. The zero-order valence-electron chi connectivity index (χ0n) is 9.28. The zero-order chi connectivity index (χ0) is 12.5. The van der Waals surface area contributed by atoms with Gasteiger partial charge in [0.25, 0.3) is 5.91 Å². The smallest absolute Gasteiger partial charge is 0.320 e. The SMILES string of the molecule is CC1(C(=O)NCO)NC(=O)Nc2ccccc21. The van der Waals surface area contributed by atoms with Crippen molar-refractivity contribution >= 4 is 17.6 Å². The molecule has 1 atom stereocenters. The first kappa shape index (κ1) is 11.4. The maximum Gasteiger partial charge on any atom is 0.320 e. The normalized spacial score (nSPS) is 22.1. The van der Waals surface area contributed by atoms with Crippen LogP contribution in [-0.4, -0.2) is 23.8 Å². The van der Waals surface area contributed by atoms with Crippen molar-refractivity contribution in [2.45, 2.75) is 12.5 Å². The van der Waals surface area contributed by atoms with Crippen molar-refractivity contribution in [1.82, 2.24) is 10.6 Å². The minimum atomic E-state index is -1.18. The Kier molecular flexibility index (Phi) is 2.72. The third-order valence-corrected chi connectivity index (χ3v) is 2.77. The molecule has 90 valence electrons. The molecule has 1 aliphatic heterocycles. The molecule has 0 fully saturated rings. The highest BCUT2D eigenvalue weighted by Crippen LogP contribution is 2.31. The number of aliphatic hydroxyl groups excluding tert-OH is 1. The van der Waals surface area contributed by atoms with Crippen LogP contribution in [0.5, 0.6) is 0 Å². The topological polar surface area (TPSA) is 90.5 Å². The van der Waals surface area contributed by atoms with E-state index in [1.807, 2.05) is 0 Å². The van der Waals surface area contributed by atoms with E-state index in [0.717, 1.165) is 0 Å². The van der Waals surface area contributed by atoms with Crippen molar-refractivity contribution in [2.75, 3.05) is 12.0 Å². The number of carbonyl (C=O) groups excluding carboxylic acids is 2. The molecule has 0 radical (unpaired) electrons. The van der Waals surface area contributed by atoms with E-state index < -0.39 is 24.2 Å². The minimum absolute atomic E-state index is 0.445. The largest absolute Gasteiger partial charge is 0.376 e. The number of para-hydroxylation sites is 1. The van der Waals surface area contributed by atoms with Crippen molar-refractivity contribution in [2.24, 2.45) is 0 Å². The molecule has 6 nitrogen and oxygen atoms in total. The van der Waals surface area contributed by atoms with Gasteiger partial charge in [-0.05, 0) is 13.0 Å². The van der Waals surface area contributed by atoms with Crippen molar-refractivity contribution < 1.29 is 14.7 Å². The lowest BCUT2D eigenvalue weighted by atomic mass is 9.88. The first-order valence-corrected chi connectivity index (χ1v) is 5.16. The molecule has 17 heavy (non-hydrogen) atoms. The highest BCUT2D eigenvalue weighted by atomic mass is 16.3. The third-order valence-electron chi connectivity index (χ3n) is 2.77. The number of aliphatic hydroxyl groups is 1. The molecule has 1 unspecified atom stereocenters. The fraction of sp³-hybridized carbons (Fsp3) is 0.273. The van der Waals surface area contributed by atoms with Crippen LogP contribution in [-0.2, 0) is 10.3 Å². The molecule has 6 heteroatoms. The number of benzene rings is 1. The van der Waals surface area contributed by atoms with E-state index >= 15 is 0 Å². The van der Waals surface area contributed by atoms with E-state index in [0.29, 0.717) is 11.3 Å². The maximum atomic E-state index is 11.9. The molecule has 0 bridgehead atoms. The Morgan fingerprint density at radius 3 is 2.88 bits per heavy atom. The summed E-state index contributed by atoms with van der Waals surface area (Å²) in [5.41, 5.74) is 0.0687. The van der Waals surface area contributed by atoms with Crippen LogP contribution in [0, 0.1) is 0 Å². The minimum Gasteiger partial charge on any atom is -0.376 e. The molecule has 1 aromatic rings. The van der Waals surface area contributed by atoms with Crippen molar-refractivity contribution in [3.8, 4) is 0 Å². The second-order valence-corrected chi connectivity index (χ2v) is 3.91. The predicted molar refractivity (Wildman–Crippen MR) is 61.2 cm³/mol. The molecule has 0 aromatic heterocycles. The quantitative estimate of drug-likeness (QED) is 0.548. The summed E-state index contributed by atoms with van der Waals surface area (Å²) in [5.74, 6) is -0.456. The van der Waals surface area contributed by atoms with Crippen LogP contribution in [0.4, 0.5) is 10.5 Å². The molecule has 2 rings (SSSR count). The fourth-order valence-electron chi connectivity index (χ4n) is 1.90. The van der Waals surface area contributed by atoms with Crippen LogP contribution in [0.3, 0.4) is 0 Å². The van der Waals surface area contributed by atoms with Gasteiger partial charge in [-0.3, -0.25) is 4.79 Å². The van der Waals surface area contributed by atoms with Gasteiger partial charge in [-0.2, -0.15) is 0 Å². The van der Waals surface area contributed by atoms with E-state index in [1.54, 1.807) is 31.2 Å². The van der Waals surface area contributed by atoms with E-state index in [1.165, 1.54) is 0 Å².